The molecule has 2 atom stereocenters. The SMILES string of the molecule is CC(C)(C)OC(=O)NC1CC(Cc2ccc3ccccc3c2)c2ccccc21. The molecular formula is C25H27NO2. The normalized spacial score (nSPS) is 18.7. The Balaban J connectivity index is 1.54. The molecule has 0 radical (unpaired) electrons. The minimum atomic E-state index is -0.493. The lowest BCUT2D eigenvalue weighted by molar-refractivity contribution is 0.0502. The van der Waals surface area contributed by atoms with Crippen LogP contribution >= 0.6 is 0 Å². The fourth-order valence-corrected chi connectivity index (χ4v) is 4.17. The lowest BCUT2D eigenvalue weighted by atomic mass is 9.92. The number of fused-ring (bicyclic) bond motifs is 2. The molecule has 4 rings (SSSR count). The summed E-state index contributed by atoms with van der Waals surface area (Å²) in [7, 11) is 0. The quantitative estimate of drug-likeness (QED) is 0.599. The van der Waals surface area contributed by atoms with E-state index >= 15 is 0 Å². The molecule has 0 aromatic heterocycles. The van der Waals surface area contributed by atoms with Crippen molar-refractivity contribution in [3.63, 3.8) is 0 Å². The second kappa shape index (κ2) is 7.31. The van der Waals surface area contributed by atoms with E-state index in [4.69, 9.17) is 4.74 Å². The Morgan fingerprint density at radius 2 is 1.64 bits per heavy atom. The summed E-state index contributed by atoms with van der Waals surface area (Å²) in [5.74, 6) is 0.386. The molecule has 0 heterocycles. The van der Waals surface area contributed by atoms with Crippen LogP contribution in [-0.2, 0) is 11.2 Å². The fraction of sp³-hybridized carbons (Fsp3) is 0.320. The summed E-state index contributed by atoms with van der Waals surface area (Å²) in [4.78, 5) is 12.3. The zero-order valence-electron chi connectivity index (χ0n) is 16.7. The van der Waals surface area contributed by atoms with Gasteiger partial charge in [0.05, 0.1) is 6.04 Å². The van der Waals surface area contributed by atoms with Crippen LogP contribution in [0.2, 0.25) is 0 Å². The summed E-state index contributed by atoms with van der Waals surface area (Å²) in [5.41, 5.74) is 3.37. The third-order valence-corrected chi connectivity index (χ3v) is 5.32. The lowest BCUT2D eigenvalue weighted by Gasteiger charge is -2.22. The van der Waals surface area contributed by atoms with E-state index in [0.717, 1.165) is 12.8 Å². The number of rotatable bonds is 3. The molecule has 3 aromatic carbocycles. The Labute approximate surface area is 166 Å². The average Bonchev–Trinajstić information content (AvgIpc) is 2.97. The summed E-state index contributed by atoms with van der Waals surface area (Å²) in [6.45, 7) is 5.66. The van der Waals surface area contributed by atoms with Gasteiger partial charge in [-0.1, -0.05) is 66.7 Å². The molecule has 1 N–H and O–H groups in total. The van der Waals surface area contributed by atoms with E-state index in [1.165, 1.54) is 27.5 Å². The van der Waals surface area contributed by atoms with Gasteiger partial charge in [-0.15, -0.1) is 0 Å². The monoisotopic (exact) mass is 373 g/mol. The highest BCUT2D eigenvalue weighted by atomic mass is 16.6. The summed E-state index contributed by atoms with van der Waals surface area (Å²) < 4.78 is 5.47. The molecule has 28 heavy (non-hydrogen) atoms. The van der Waals surface area contributed by atoms with Crippen LogP contribution in [0.5, 0.6) is 0 Å². The van der Waals surface area contributed by atoms with E-state index < -0.39 is 5.60 Å². The molecule has 1 amide bonds. The van der Waals surface area contributed by atoms with Gasteiger partial charge >= 0.3 is 6.09 Å². The largest absolute Gasteiger partial charge is 0.444 e. The van der Waals surface area contributed by atoms with Crippen LogP contribution in [0, 0.1) is 0 Å². The number of hydrogen-bond donors (Lipinski definition) is 1. The Bertz CT molecular complexity index is 1000. The highest BCUT2D eigenvalue weighted by Crippen LogP contribution is 2.42. The maximum atomic E-state index is 12.3. The minimum Gasteiger partial charge on any atom is -0.444 e. The zero-order chi connectivity index (χ0) is 19.7. The molecular weight excluding hydrogens is 346 g/mol. The molecule has 1 aliphatic carbocycles. The van der Waals surface area contributed by atoms with Crippen LogP contribution < -0.4 is 5.32 Å². The van der Waals surface area contributed by atoms with Crippen molar-refractivity contribution in [2.45, 2.75) is 51.2 Å². The predicted octanol–water partition coefficient (Wildman–Crippen LogP) is 6.14. The third-order valence-electron chi connectivity index (χ3n) is 5.32. The van der Waals surface area contributed by atoms with Gasteiger partial charge in [0, 0.05) is 0 Å². The first-order chi connectivity index (χ1) is 13.4. The van der Waals surface area contributed by atoms with Crippen molar-refractivity contribution < 1.29 is 9.53 Å². The van der Waals surface area contributed by atoms with Crippen molar-refractivity contribution in [2.75, 3.05) is 0 Å². The molecule has 0 spiro atoms. The van der Waals surface area contributed by atoms with Crippen molar-refractivity contribution in [2.24, 2.45) is 0 Å². The summed E-state index contributed by atoms with van der Waals surface area (Å²) in [5, 5.41) is 5.61. The number of carbonyl (C=O) groups is 1. The van der Waals surface area contributed by atoms with Crippen molar-refractivity contribution >= 4 is 16.9 Å². The second-order valence-corrected chi connectivity index (χ2v) is 8.65. The average molecular weight is 373 g/mol. The van der Waals surface area contributed by atoms with E-state index in [2.05, 4.69) is 66.0 Å². The van der Waals surface area contributed by atoms with Gasteiger partial charge in [0.2, 0.25) is 0 Å². The van der Waals surface area contributed by atoms with Crippen LogP contribution in [0.15, 0.2) is 66.7 Å². The number of ether oxygens (including phenoxy) is 1. The topological polar surface area (TPSA) is 38.3 Å². The third kappa shape index (κ3) is 4.04. The van der Waals surface area contributed by atoms with Gasteiger partial charge in [0.1, 0.15) is 5.60 Å². The zero-order valence-corrected chi connectivity index (χ0v) is 16.7. The molecule has 3 aromatic rings. The number of alkyl carbamates (subject to hydrolysis) is 1. The molecule has 0 bridgehead atoms. The Morgan fingerprint density at radius 1 is 0.964 bits per heavy atom. The first-order valence-corrected chi connectivity index (χ1v) is 9.95. The van der Waals surface area contributed by atoms with Gasteiger partial charge in [-0.3, -0.25) is 0 Å². The molecule has 0 fully saturated rings. The molecule has 0 saturated carbocycles. The Kier molecular flexibility index (Phi) is 4.84. The van der Waals surface area contributed by atoms with Crippen molar-refractivity contribution in [1.82, 2.24) is 5.32 Å². The highest BCUT2D eigenvalue weighted by Gasteiger charge is 2.32. The number of amides is 1. The summed E-state index contributed by atoms with van der Waals surface area (Å²) in [6.07, 6.45) is 1.51. The van der Waals surface area contributed by atoms with Gasteiger partial charge in [0.25, 0.3) is 0 Å². The first kappa shape index (κ1) is 18.5. The molecule has 1 aliphatic rings. The highest BCUT2D eigenvalue weighted by molar-refractivity contribution is 5.83. The van der Waals surface area contributed by atoms with E-state index in [1.807, 2.05) is 26.8 Å². The van der Waals surface area contributed by atoms with Crippen molar-refractivity contribution in [3.05, 3.63) is 83.4 Å². The molecule has 0 saturated heterocycles. The van der Waals surface area contributed by atoms with Crippen LogP contribution in [0.25, 0.3) is 10.8 Å². The number of benzene rings is 3. The predicted molar refractivity (Wildman–Crippen MR) is 114 cm³/mol. The smallest absolute Gasteiger partial charge is 0.408 e. The van der Waals surface area contributed by atoms with Crippen LogP contribution in [0.3, 0.4) is 0 Å². The van der Waals surface area contributed by atoms with Gasteiger partial charge in [0.15, 0.2) is 0 Å². The van der Waals surface area contributed by atoms with Crippen molar-refractivity contribution in [1.29, 1.82) is 0 Å². The van der Waals surface area contributed by atoms with Crippen molar-refractivity contribution in [3.8, 4) is 0 Å². The van der Waals surface area contributed by atoms with Gasteiger partial charge in [-0.2, -0.15) is 0 Å². The minimum absolute atomic E-state index is 0.00323. The first-order valence-electron chi connectivity index (χ1n) is 9.95. The second-order valence-electron chi connectivity index (χ2n) is 8.65. The molecule has 2 unspecified atom stereocenters. The maximum absolute atomic E-state index is 12.3. The molecule has 3 heteroatoms. The Hall–Kier alpha value is -2.81. The molecule has 3 nitrogen and oxygen atoms in total. The van der Waals surface area contributed by atoms with Crippen LogP contribution in [0.4, 0.5) is 4.79 Å². The maximum Gasteiger partial charge on any atom is 0.408 e. The summed E-state index contributed by atoms with van der Waals surface area (Å²) >= 11 is 0. The van der Waals surface area contributed by atoms with Gasteiger partial charge in [-0.25, -0.2) is 4.79 Å². The molecule has 144 valence electrons. The van der Waals surface area contributed by atoms with Gasteiger partial charge in [-0.05, 0) is 67.0 Å². The molecule has 0 aliphatic heterocycles. The van der Waals surface area contributed by atoms with Gasteiger partial charge < -0.3 is 10.1 Å². The number of nitrogens with one attached hydrogen (secondary N) is 1. The van der Waals surface area contributed by atoms with E-state index in [-0.39, 0.29) is 12.1 Å². The number of carbonyl (C=O) groups excluding carboxylic acids is 1. The standard InChI is InChI=1S/C25H27NO2/c1-25(2,3)28-24(27)26-23-16-20(21-10-6-7-11-22(21)23)15-17-12-13-18-8-4-5-9-19(18)14-17/h4-14,20,23H,15-16H2,1-3H3,(H,26,27). The van der Waals surface area contributed by atoms with E-state index in [1.54, 1.807) is 0 Å². The Morgan fingerprint density at radius 3 is 2.39 bits per heavy atom. The number of hydrogen-bond acceptors (Lipinski definition) is 2. The van der Waals surface area contributed by atoms with Crippen LogP contribution in [-0.4, -0.2) is 11.7 Å². The fourth-order valence-electron chi connectivity index (χ4n) is 4.17. The summed E-state index contributed by atoms with van der Waals surface area (Å²) in [6, 6.07) is 23.6. The van der Waals surface area contributed by atoms with E-state index in [0.29, 0.717) is 5.92 Å². The van der Waals surface area contributed by atoms with Crippen LogP contribution in [0.1, 0.15) is 55.8 Å². The lowest BCUT2D eigenvalue weighted by Crippen LogP contribution is -2.34. The van der Waals surface area contributed by atoms with E-state index in [9.17, 15) is 4.79 Å².